The Kier molecular flexibility index (Phi) is 8.48. The number of hydrogen-bond acceptors (Lipinski definition) is 8. The Morgan fingerprint density at radius 2 is 1.55 bits per heavy atom. The van der Waals surface area contributed by atoms with E-state index in [1.54, 1.807) is 60.7 Å². The number of aromatic nitrogens is 1. The number of methoxy groups -OCH3 is 4. The molecule has 4 rings (SSSR count). The van der Waals surface area contributed by atoms with Crippen molar-refractivity contribution >= 4 is 34.2 Å². The minimum atomic E-state index is -0.484. The molecule has 10 nitrogen and oxygen atoms in total. The van der Waals surface area contributed by atoms with Crippen LogP contribution in [-0.4, -0.2) is 57.6 Å². The van der Waals surface area contributed by atoms with Gasteiger partial charge in [-0.3, -0.25) is 14.4 Å². The highest BCUT2D eigenvalue weighted by atomic mass is 16.5. The van der Waals surface area contributed by atoms with Crippen LogP contribution in [0.15, 0.2) is 60.7 Å². The molecule has 0 fully saturated rings. The van der Waals surface area contributed by atoms with Gasteiger partial charge in [0.1, 0.15) is 5.75 Å². The second-order valence-electron chi connectivity index (χ2n) is 8.72. The summed E-state index contributed by atoms with van der Waals surface area (Å²) in [7, 11) is 6.08. The van der Waals surface area contributed by atoms with E-state index in [9.17, 15) is 14.4 Å². The lowest BCUT2D eigenvalue weighted by Gasteiger charge is -2.15. The van der Waals surface area contributed by atoms with Crippen molar-refractivity contribution < 1.29 is 33.3 Å². The predicted molar refractivity (Wildman–Crippen MR) is 151 cm³/mol. The Morgan fingerprint density at radius 1 is 0.825 bits per heavy atom. The summed E-state index contributed by atoms with van der Waals surface area (Å²) in [4.78, 5) is 42.4. The average molecular weight is 544 g/mol. The lowest BCUT2D eigenvalue weighted by Crippen LogP contribution is -2.33. The third kappa shape index (κ3) is 5.96. The molecular formula is C30H29N3O7. The number of carbonyl (C=O) groups excluding carboxylic acids is 3. The number of ether oxygens (including phenoxy) is 4. The molecule has 0 saturated carbocycles. The second kappa shape index (κ2) is 12.2. The van der Waals surface area contributed by atoms with Gasteiger partial charge in [-0.25, -0.2) is 4.98 Å². The van der Waals surface area contributed by atoms with Gasteiger partial charge in [0.15, 0.2) is 17.3 Å². The zero-order chi connectivity index (χ0) is 28.8. The van der Waals surface area contributed by atoms with Crippen molar-refractivity contribution in [1.29, 1.82) is 0 Å². The number of hydrogen-bond donors (Lipinski definition) is 2. The van der Waals surface area contributed by atoms with Crippen molar-refractivity contribution in [2.45, 2.75) is 6.92 Å². The first-order chi connectivity index (χ1) is 19.3. The van der Waals surface area contributed by atoms with Gasteiger partial charge in [-0.2, -0.15) is 0 Å². The van der Waals surface area contributed by atoms with Crippen LogP contribution in [0.5, 0.6) is 23.0 Å². The number of benzene rings is 3. The first kappa shape index (κ1) is 27.9. The van der Waals surface area contributed by atoms with Crippen molar-refractivity contribution in [2.75, 3.05) is 40.3 Å². The van der Waals surface area contributed by atoms with Crippen LogP contribution in [0, 0.1) is 0 Å². The van der Waals surface area contributed by atoms with Crippen molar-refractivity contribution in [2.24, 2.45) is 0 Å². The lowest BCUT2D eigenvalue weighted by atomic mass is 10.0. The van der Waals surface area contributed by atoms with Gasteiger partial charge in [0.25, 0.3) is 5.91 Å². The summed E-state index contributed by atoms with van der Waals surface area (Å²) < 4.78 is 21.7. The van der Waals surface area contributed by atoms with Gasteiger partial charge in [-0.1, -0.05) is 12.1 Å². The van der Waals surface area contributed by atoms with E-state index in [4.69, 9.17) is 23.9 Å². The summed E-state index contributed by atoms with van der Waals surface area (Å²) in [5.74, 6) is 0.795. The van der Waals surface area contributed by atoms with Gasteiger partial charge < -0.3 is 29.6 Å². The van der Waals surface area contributed by atoms with Crippen molar-refractivity contribution in [3.8, 4) is 34.3 Å². The van der Waals surface area contributed by atoms with Crippen LogP contribution in [0.4, 0.5) is 5.69 Å². The van der Waals surface area contributed by atoms with E-state index in [-0.39, 0.29) is 12.3 Å². The van der Waals surface area contributed by atoms with Crippen molar-refractivity contribution in [3.05, 3.63) is 71.8 Å². The third-order valence-corrected chi connectivity index (χ3v) is 6.18. The normalized spacial score (nSPS) is 10.5. The van der Waals surface area contributed by atoms with E-state index in [0.29, 0.717) is 62.0 Å². The van der Waals surface area contributed by atoms with Crippen LogP contribution >= 0.6 is 0 Å². The molecule has 40 heavy (non-hydrogen) atoms. The maximum absolute atomic E-state index is 13.4. The zero-order valence-corrected chi connectivity index (χ0v) is 22.8. The number of anilines is 1. The fraction of sp³-hybridized carbons (Fsp3) is 0.200. The first-order valence-corrected chi connectivity index (χ1v) is 12.3. The van der Waals surface area contributed by atoms with Gasteiger partial charge in [0.05, 0.1) is 51.8 Å². The molecule has 3 aromatic carbocycles. The van der Waals surface area contributed by atoms with Crippen LogP contribution in [0.2, 0.25) is 0 Å². The quantitative estimate of drug-likeness (QED) is 0.280. The summed E-state index contributed by atoms with van der Waals surface area (Å²) in [6, 6.07) is 16.9. The topological polar surface area (TPSA) is 125 Å². The molecule has 1 heterocycles. The van der Waals surface area contributed by atoms with Crippen molar-refractivity contribution in [3.63, 3.8) is 0 Å². The SMILES string of the molecule is COc1ccc2nc(-c3cc(OC)c(OC)c(OC)c3)cc(C(=O)NCC(=O)Nc3cccc(C(C)=O)c3)c2c1. The monoisotopic (exact) mass is 543 g/mol. The first-order valence-electron chi connectivity index (χ1n) is 12.3. The van der Waals surface area contributed by atoms with E-state index in [1.807, 2.05) is 0 Å². The number of Topliss-reactive ketones (excluding diaryl/α,β-unsaturated/α-hetero) is 1. The van der Waals surface area contributed by atoms with E-state index < -0.39 is 11.8 Å². The van der Waals surface area contributed by atoms with E-state index in [1.165, 1.54) is 35.4 Å². The average Bonchev–Trinajstić information content (AvgIpc) is 2.98. The molecule has 2 N–H and O–H groups in total. The van der Waals surface area contributed by atoms with Crippen LogP contribution in [0.1, 0.15) is 27.6 Å². The lowest BCUT2D eigenvalue weighted by molar-refractivity contribution is -0.115. The van der Waals surface area contributed by atoms with Crippen molar-refractivity contribution in [1.82, 2.24) is 10.3 Å². The van der Waals surface area contributed by atoms with Gasteiger partial charge in [-0.15, -0.1) is 0 Å². The summed E-state index contributed by atoms with van der Waals surface area (Å²) in [5.41, 5.74) is 2.87. The highest BCUT2D eigenvalue weighted by Gasteiger charge is 2.19. The van der Waals surface area contributed by atoms with Gasteiger partial charge in [0.2, 0.25) is 11.7 Å². The molecule has 0 atom stereocenters. The molecule has 0 aliphatic rings. The number of amides is 2. The molecule has 4 aromatic rings. The van der Waals surface area contributed by atoms with Gasteiger partial charge in [0, 0.05) is 22.2 Å². The molecule has 0 unspecified atom stereocenters. The Morgan fingerprint density at radius 3 is 2.17 bits per heavy atom. The molecular weight excluding hydrogens is 514 g/mol. The summed E-state index contributed by atoms with van der Waals surface area (Å²) in [5, 5.41) is 5.91. The number of nitrogens with zero attached hydrogens (tertiary/aromatic N) is 1. The predicted octanol–water partition coefficient (Wildman–Crippen LogP) is 4.51. The zero-order valence-electron chi connectivity index (χ0n) is 22.8. The number of carbonyl (C=O) groups is 3. The molecule has 206 valence electrons. The molecule has 1 aromatic heterocycles. The number of ketones is 1. The van der Waals surface area contributed by atoms with E-state index >= 15 is 0 Å². The Bertz CT molecular complexity index is 1580. The molecule has 0 radical (unpaired) electrons. The fourth-order valence-corrected chi connectivity index (χ4v) is 4.17. The standard InChI is InChI=1S/C30H29N3O7/c1-17(34)18-7-6-8-20(11-18)32-28(35)16-31-30(36)23-15-25(33-24-10-9-21(37-2)14-22(23)24)19-12-26(38-3)29(40-5)27(13-19)39-4/h6-15H,16H2,1-5H3,(H,31,36)(H,32,35). The maximum atomic E-state index is 13.4. The minimum absolute atomic E-state index is 0.118. The van der Waals surface area contributed by atoms with Crippen LogP contribution in [0.3, 0.4) is 0 Å². The number of rotatable bonds is 10. The number of nitrogens with one attached hydrogen (secondary N) is 2. The van der Waals surface area contributed by atoms with E-state index in [0.717, 1.165) is 0 Å². The molecule has 0 spiro atoms. The van der Waals surface area contributed by atoms with E-state index in [2.05, 4.69) is 10.6 Å². The highest BCUT2D eigenvalue weighted by molar-refractivity contribution is 6.09. The highest BCUT2D eigenvalue weighted by Crippen LogP contribution is 2.41. The largest absolute Gasteiger partial charge is 0.497 e. The maximum Gasteiger partial charge on any atom is 0.252 e. The molecule has 0 aliphatic carbocycles. The summed E-state index contributed by atoms with van der Waals surface area (Å²) in [6.45, 7) is 1.15. The van der Waals surface area contributed by atoms with Crippen LogP contribution < -0.4 is 29.6 Å². The number of pyridine rings is 1. The fourth-order valence-electron chi connectivity index (χ4n) is 4.17. The Labute approximate surface area is 231 Å². The minimum Gasteiger partial charge on any atom is -0.497 e. The Balaban J connectivity index is 1.67. The molecule has 2 amide bonds. The smallest absolute Gasteiger partial charge is 0.252 e. The molecule has 0 bridgehead atoms. The third-order valence-electron chi connectivity index (χ3n) is 6.18. The van der Waals surface area contributed by atoms with Gasteiger partial charge in [-0.05, 0) is 55.5 Å². The van der Waals surface area contributed by atoms with Crippen LogP contribution in [-0.2, 0) is 4.79 Å². The second-order valence-corrected chi connectivity index (χ2v) is 8.72. The Hall–Kier alpha value is -5.12. The van der Waals surface area contributed by atoms with Crippen LogP contribution in [0.25, 0.3) is 22.2 Å². The molecule has 0 aliphatic heterocycles. The number of fused-ring (bicyclic) bond motifs is 1. The molecule has 10 heteroatoms. The summed E-state index contributed by atoms with van der Waals surface area (Å²) in [6.07, 6.45) is 0. The summed E-state index contributed by atoms with van der Waals surface area (Å²) >= 11 is 0. The molecule has 0 saturated heterocycles. The van der Waals surface area contributed by atoms with Gasteiger partial charge >= 0.3 is 0 Å².